The Morgan fingerprint density at radius 2 is 0.917 bits per heavy atom. The molecule has 24 heavy (non-hydrogen) atoms. The second-order valence-corrected chi connectivity index (χ2v) is 10.5. The third-order valence-electron chi connectivity index (χ3n) is 4.30. The fourth-order valence-corrected chi connectivity index (χ4v) is 4.92. The van der Waals surface area contributed by atoms with Crippen molar-refractivity contribution in [3.63, 3.8) is 0 Å². The molecular weight excluding hydrogens is 354 g/mol. The molecule has 9 heteroatoms. The Bertz CT molecular complexity index is 394. The minimum absolute atomic E-state index is 0.170. The van der Waals surface area contributed by atoms with E-state index in [1.165, 1.54) is 44.9 Å². The van der Waals surface area contributed by atoms with Crippen LogP contribution in [0, 0.1) is 0 Å². The second-order valence-electron chi connectivity index (χ2n) is 6.50. The molecule has 0 heterocycles. The van der Waals surface area contributed by atoms with Gasteiger partial charge in [-0.1, -0.05) is 77.6 Å². The maximum atomic E-state index is 11.2. The lowest BCUT2D eigenvalue weighted by Crippen LogP contribution is -2.28. The third-order valence-corrected chi connectivity index (χ3v) is 8.18. The molecular formula is C15H34O7P2. The van der Waals surface area contributed by atoms with Crippen LogP contribution in [0.2, 0.25) is 0 Å². The summed E-state index contributed by atoms with van der Waals surface area (Å²) in [6.07, 6.45) is 11.9. The van der Waals surface area contributed by atoms with Crippen molar-refractivity contribution >= 4 is 15.2 Å². The minimum atomic E-state index is -5.30. The van der Waals surface area contributed by atoms with E-state index in [9.17, 15) is 14.2 Å². The van der Waals surface area contributed by atoms with Crippen LogP contribution in [-0.2, 0) is 9.13 Å². The molecule has 0 aromatic carbocycles. The number of hydrogen-bond acceptors (Lipinski definition) is 3. The lowest BCUT2D eigenvalue weighted by Gasteiger charge is -2.29. The maximum Gasteiger partial charge on any atom is 0.369 e. The molecule has 0 atom stereocenters. The van der Waals surface area contributed by atoms with Crippen molar-refractivity contribution in [2.75, 3.05) is 0 Å². The summed E-state index contributed by atoms with van der Waals surface area (Å²) in [4.78, 5) is 36.1. The van der Waals surface area contributed by atoms with Gasteiger partial charge in [-0.2, -0.15) is 0 Å². The average Bonchev–Trinajstić information content (AvgIpc) is 2.45. The van der Waals surface area contributed by atoms with Gasteiger partial charge in [-0.05, 0) is 12.8 Å². The molecule has 0 aliphatic rings. The zero-order chi connectivity index (χ0) is 18.7. The van der Waals surface area contributed by atoms with Crippen molar-refractivity contribution in [2.45, 2.75) is 95.5 Å². The van der Waals surface area contributed by atoms with Crippen LogP contribution >= 0.6 is 15.2 Å². The van der Waals surface area contributed by atoms with Crippen LogP contribution in [0.3, 0.4) is 0 Å². The highest BCUT2D eigenvalue weighted by Crippen LogP contribution is 2.69. The number of unbranched alkanes of at least 4 members (excludes halogenated alkanes) is 11. The van der Waals surface area contributed by atoms with Gasteiger partial charge in [0.2, 0.25) is 0 Å². The van der Waals surface area contributed by atoms with E-state index < -0.39 is 26.7 Å². The van der Waals surface area contributed by atoms with Crippen LogP contribution in [0.15, 0.2) is 0 Å². The van der Waals surface area contributed by atoms with Crippen molar-refractivity contribution < 1.29 is 33.8 Å². The summed E-state index contributed by atoms with van der Waals surface area (Å²) in [6.45, 7) is 2.20. The lowest BCUT2D eigenvalue weighted by atomic mass is 10.0. The largest absolute Gasteiger partial charge is 0.369 e. The Kier molecular flexibility index (Phi) is 11.9. The molecule has 0 bridgehead atoms. The minimum Gasteiger partial charge on any atom is -0.368 e. The van der Waals surface area contributed by atoms with Gasteiger partial charge in [0.15, 0.2) is 0 Å². The highest BCUT2D eigenvalue weighted by atomic mass is 31.2. The first-order valence-electron chi connectivity index (χ1n) is 8.90. The first-order valence-corrected chi connectivity index (χ1v) is 12.1. The van der Waals surface area contributed by atoms with Gasteiger partial charge >= 0.3 is 15.2 Å². The Morgan fingerprint density at radius 1 is 0.625 bits per heavy atom. The summed E-state index contributed by atoms with van der Waals surface area (Å²) in [7, 11) is -10.6. The summed E-state index contributed by atoms with van der Waals surface area (Å²) in [5, 5.41) is 6.47. The number of hydrogen-bond donors (Lipinski definition) is 5. The quantitative estimate of drug-likeness (QED) is 0.211. The molecule has 0 saturated carbocycles. The van der Waals surface area contributed by atoms with Crippen molar-refractivity contribution in [3.05, 3.63) is 0 Å². The molecule has 0 rings (SSSR count). The van der Waals surface area contributed by atoms with Crippen molar-refractivity contribution in [2.24, 2.45) is 0 Å². The normalized spacial score (nSPS) is 13.4. The van der Waals surface area contributed by atoms with E-state index in [2.05, 4.69) is 6.92 Å². The molecule has 5 N–H and O–H groups in total. The van der Waals surface area contributed by atoms with Crippen LogP contribution < -0.4 is 0 Å². The molecule has 0 amide bonds. The molecule has 0 spiro atoms. The third kappa shape index (κ3) is 9.10. The van der Waals surface area contributed by atoms with Crippen LogP contribution in [0.4, 0.5) is 0 Å². The molecule has 0 radical (unpaired) electrons. The Balaban J connectivity index is 3.79. The van der Waals surface area contributed by atoms with E-state index in [0.29, 0.717) is 6.42 Å². The zero-order valence-corrected chi connectivity index (χ0v) is 16.4. The predicted octanol–water partition coefficient (Wildman–Crippen LogP) is 4.08. The smallest absolute Gasteiger partial charge is 0.368 e. The summed E-state index contributed by atoms with van der Waals surface area (Å²) in [6, 6.07) is 0. The van der Waals surface area contributed by atoms with Gasteiger partial charge in [0.1, 0.15) is 0 Å². The van der Waals surface area contributed by atoms with E-state index >= 15 is 0 Å². The first-order chi connectivity index (χ1) is 11.1. The zero-order valence-electron chi connectivity index (χ0n) is 14.6. The molecule has 0 saturated heterocycles. The van der Waals surface area contributed by atoms with Gasteiger partial charge < -0.3 is 24.7 Å². The highest BCUT2D eigenvalue weighted by Gasteiger charge is 2.58. The Labute approximate surface area is 145 Å². The SMILES string of the molecule is CCCCCCCCCCCCCCC(O)(P(=O)(O)O)P(=O)(O)O. The summed E-state index contributed by atoms with van der Waals surface area (Å²) < 4.78 is 22.4. The standard InChI is InChI=1S/C15H34O7P2/c1-2-3-4-5-6-7-8-9-10-11-12-13-14-15(16,23(17,18)19)24(20,21)22/h16H,2-14H2,1H3,(H2,17,18,19)(H2,20,21,22). The molecule has 0 aliphatic carbocycles. The van der Waals surface area contributed by atoms with E-state index in [0.717, 1.165) is 19.3 Å². The van der Waals surface area contributed by atoms with Crippen LogP contribution in [0.25, 0.3) is 0 Å². The Morgan fingerprint density at radius 3 is 1.21 bits per heavy atom. The van der Waals surface area contributed by atoms with Gasteiger partial charge in [-0.15, -0.1) is 0 Å². The summed E-state index contributed by atoms with van der Waals surface area (Å²) in [5.41, 5.74) is 0. The summed E-state index contributed by atoms with van der Waals surface area (Å²) in [5.74, 6) is 0. The number of rotatable bonds is 15. The molecule has 0 aromatic rings. The average molecular weight is 388 g/mol. The van der Waals surface area contributed by atoms with E-state index in [-0.39, 0.29) is 6.42 Å². The van der Waals surface area contributed by atoms with E-state index in [1.54, 1.807) is 0 Å². The van der Waals surface area contributed by atoms with E-state index in [1.807, 2.05) is 0 Å². The monoisotopic (exact) mass is 388 g/mol. The van der Waals surface area contributed by atoms with Crippen molar-refractivity contribution in [1.82, 2.24) is 0 Å². The lowest BCUT2D eigenvalue weighted by molar-refractivity contribution is 0.120. The van der Waals surface area contributed by atoms with Gasteiger partial charge in [0.05, 0.1) is 0 Å². The summed E-state index contributed by atoms with van der Waals surface area (Å²) >= 11 is 0. The fraction of sp³-hybridized carbons (Fsp3) is 1.00. The van der Waals surface area contributed by atoms with Gasteiger partial charge in [0.25, 0.3) is 5.08 Å². The second kappa shape index (κ2) is 11.8. The maximum absolute atomic E-state index is 11.2. The molecule has 0 aromatic heterocycles. The first kappa shape index (κ1) is 24.3. The molecule has 0 aliphatic heterocycles. The molecule has 146 valence electrons. The Hall–Kier alpha value is 0.260. The van der Waals surface area contributed by atoms with Crippen LogP contribution in [0.5, 0.6) is 0 Å². The van der Waals surface area contributed by atoms with Crippen molar-refractivity contribution in [1.29, 1.82) is 0 Å². The van der Waals surface area contributed by atoms with Gasteiger partial charge in [0, 0.05) is 0 Å². The van der Waals surface area contributed by atoms with E-state index in [4.69, 9.17) is 19.6 Å². The number of aliphatic hydroxyl groups is 1. The van der Waals surface area contributed by atoms with Crippen LogP contribution in [-0.4, -0.2) is 29.8 Å². The predicted molar refractivity (Wildman–Crippen MR) is 94.7 cm³/mol. The molecule has 0 unspecified atom stereocenters. The van der Waals surface area contributed by atoms with Crippen molar-refractivity contribution in [3.8, 4) is 0 Å². The topological polar surface area (TPSA) is 135 Å². The molecule has 7 nitrogen and oxygen atoms in total. The fourth-order valence-electron chi connectivity index (χ4n) is 2.66. The molecule has 0 fully saturated rings. The highest BCUT2D eigenvalue weighted by molar-refractivity contribution is 7.72. The van der Waals surface area contributed by atoms with Gasteiger partial charge in [-0.25, -0.2) is 0 Å². The van der Waals surface area contributed by atoms with Crippen LogP contribution in [0.1, 0.15) is 90.4 Å². The van der Waals surface area contributed by atoms with Gasteiger partial charge in [-0.3, -0.25) is 9.13 Å².